The van der Waals surface area contributed by atoms with Crippen LogP contribution in [0, 0.1) is 16.0 Å². The second kappa shape index (κ2) is 12.0. The number of benzene rings is 4. The number of rotatable bonds is 8. The number of nitrogens with zero attached hydrogens (tertiary/aromatic N) is 2. The van der Waals surface area contributed by atoms with Crippen molar-refractivity contribution in [2.24, 2.45) is 5.92 Å². The number of aromatic amines is 1. The molecule has 3 amide bonds. The summed E-state index contributed by atoms with van der Waals surface area (Å²) in [7, 11) is 1.45. The SMILES string of the molecule is COc1cc([C@@H]2c3sc(=O)[nH]c3S[C@H]3C(=O)N(c4ccc([N+](=O)[O-])cc4)C(=O)[C@@H]23)ccc1OCC(=O)Nc1ccc2ccccc2c1. The average Bonchev–Trinajstić information content (AvgIpc) is 3.57. The smallest absolute Gasteiger partial charge is 0.305 e. The third-order valence-electron chi connectivity index (χ3n) is 8.08. The van der Waals surface area contributed by atoms with Crippen LogP contribution < -0.4 is 24.6 Å². The van der Waals surface area contributed by atoms with Crippen molar-refractivity contribution in [2.75, 3.05) is 23.9 Å². The third-order valence-corrected chi connectivity index (χ3v) is 10.5. The van der Waals surface area contributed by atoms with Gasteiger partial charge in [0.15, 0.2) is 18.1 Å². The third kappa shape index (κ3) is 5.51. The molecule has 0 aliphatic carbocycles. The van der Waals surface area contributed by atoms with E-state index in [0.717, 1.165) is 38.8 Å². The molecule has 3 atom stereocenters. The lowest BCUT2D eigenvalue weighted by molar-refractivity contribution is -0.384. The minimum Gasteiger partial charge on any atom is -0.493 e. The Kier molecular flexibility index (Phi) is 7.74. The van der Waals surface area contributed by atoms with Gasteiger partial charge in [0, 0.05) is 28.6 Å². The van der Waals surface area contributed by atoms with Crippen molar-refractivity contribution in [1.29, 1.82) is 0 Å². The highest BCUT2D eigenvalue weighted by Gasteiger charge is 2.56. The van der Waals surface area contributed by atoms with Crippen LogP contribution in [0.3, 0.4) is 0 Å². The molecule has 4 aromatic carbocycles. The maximum Gasteiger partial charge on any atom is 0.305 e. The van der Waals surface area contributed by atoms with Crippen LogP contribution in [0.25, 0.3) is 10.8 Å². The van der Waals surface area contributed by atoms with Crippen LogP contribution in [-0.4, -0.2) is 46.6 Å². The lowest BCUT2D eigenvalue weighted by Gasteiger charge is -2.30. The first kappa shape index (κ1) is 30.2. The van der Waals surface area contributed by atoms with Gasteiger partial charge in [-0.1, -0.05) is 59.5 Å². The predicted octanol–water partition coefficient (Wildman–Crippen LogP) is 5.32. The first-order valence-electron chi connectivity index (χ1n) is 14.3. The van der Waals surface area contributed by atoms with E-state index in [-0.39, 0.29) is 34.5 Å². The van der Waals surface area contributed by atoms with Gasteiger partial charge in [0.2, 0.25) is 11.8 Å². The fourth-order valence-electron chi connectivity index (χ4n) is 5.96. The molecular weight excluding hydrogens is 645 g/mol. The number of nitro benzene ring substituents is 1. The van der Waals surface area contributed by atoms with Crippen molar-refractivity contribution in [3.8, 4) is 11.5 Å². The number of hydrogen-bond acceptors (Lipinski definition) is 10. The number of H-pyrrole nitrogens is 1. The molecule has 1 fully saturated rings. The Bertz CT molecular complexity index is 2140. The minimum atomic E-state index is -0.870. The number of nitrogens with one attached hydrogen (secondary N) is 2. The number of amides is 3. The van der Waals surface area contributed by atoms with Crippen LogP contribution in [0.2, 0.25) is 0 Å². The van der Waals surface area contributed by atoms with E-state index in [4.69, 9.17) is 9.47 Å². The second-order valence-electron chi connectivity index (χ2n) is 10.8. The van der Waals surface area contributed by atoms with Crippen LogP contribution in [0.1, 0.15) is 16.4 Å². The summed E-state index contributed by atoms with van der Waals surface area (Å²) in [5, 5.41) is 15.7. The summed E-state index contributed by atoms with van der Waals surface area (Å²) in [4.78, 5) is 67.5. The van der Waals surface area contributed by atoms with E-state index in [1.165, 1.54) is 31.4 Å². The largest absolute Gasteiger partial charge is 0.493 e. The molecule has 12 nitrogen and oxygen atoms in total. The number of non-ortho nitro benzene ring substituents is 1. The fourth-order valence-corrected chi connectivity index (χ4v) is 8.47. The molecule has 1 aromatic heterocycles. The first-order chi connectivity index (χ1) is 22.7. The molecule has 7 rings (SSSR count). The number of carbonyl (C=O) groups is 3. The van der Waals surface area contributed by atoms with Gasteiger partial charge in [-0.3, -0.25) is 29.3 Å². The van der Waals surface area contributed by atoms with Gasteiger partial charge in [-0.2, -0.15) is 0 Å². The number of imide groups is 1. The monoisotopic (exact) mass is 668 g/mol. The topological polar surface area (TPSA) is 161 Å². The Morgan fingerprint density at radius 2 is 1.72 bits per heavy atom. The van der Waals surface area contributed by atoms with Crippen molar-refractivity contribution in [2.45, 2.75) is 16.2 Å². The zero-order valence-corrected chi connectivity index (χ0v) is 26.1. The van der Waals surface area contributed by atoms with Gasteiger partial charge in [-0.25, -0.2) is 4.90 Å². The van der Waals surface area contributed by atoms with Crippen molar-refractivity contribution in [1.82, 2.24) is 4.98 Å². The van der Waals surface area contributed by atoms with Crippen molar-refractivity contribution in [3.05, 3.63) is 115 Å². The molecule has 0 unspecified atom stereocenters. The maximum atomic E-state index is 14.0. The van der Waals surface area contributed by atoms with Gasteiger partial charge < -0.3 is 19.8 Å². The van der Waals surface area contributed by atoms with Crippen LogP contribution in [0.15, 0.2) is 94.7 Å². The molecule has 236 valence electrons. The first-order valence-corrected chi connectivity index (χ1v) is 16.0. The Labute approximate surface area is 274 Å². The minimum absolute atomic E-state index is 0.169. The lowest BCUT2D eigenvalue weighted by Crippen LogP contribution is -2.32. The summed E-state index contributed by atoms with van der Waals surface area (Å²) in [6.07, 6.45) is 0. The number of aromatic nitrogens is 1. The molecule has 14 heteroatoms. The van der Waals surface area contributed by atoms with Crippen molar-refractivity contribution in [3.63, 3.8) is 0 Å². The number of thioether (sulfide) groups is 1. The van der Waals surface area contributed by atoms with E-state index < -0.39 is 33.8 Å². The summed E-state index contributed by atoms with van der Waals surface area (Å²) >= 11 is 2.09. The molecule has 0 radical (unpaired) electrons. The van der Waals surface area contributed by atoms with Crippen LogP contribution in [0.4, 0.5) is 17.1 Å². The number of ether oxygens (including phenoxy) is 2. The number of hydrogen-bond donors (Lipinski definition) is 2. The molecule has 2 aliphatic heterocycles. The number of fused-ring (bicyclic) bond motifs is 3. The van der Waals surface area contributed by atoms with Gasteiger partial charge >= 0.3 is 4.87 Å². The molecule has 3 heterocycles. The molecule has 1 saturated heterocycles. The average molecular weight is 669 g/mol. The highest BCUT2D eigenvalue weighted by molar-refractivity contribution is 8.00. The van der Waals surface area contributed by atoms with Gasteiger partial charge in [-0.15, -0.1) is 0 Å². The second-order valence-corrected chi connectivity index (χ2v) is 13.0. The van der Waals surface area contributed by atoms with E-state index in [1.54, 1.807) is 18.2 Å². The molecule has 5 aromatic rings. The van der Waals surface area contributed by atoms with Crippen molar-refractivity contribution < 1.29 is 28.8 Å². The number of nitro groups is 1. The molecule has 0 bridgehead atoms. The summed E-state index contributed by atoms with van der Waals surface area (Å²) < 4.78 is 11.4. The van der Waals surface area contributed by atoms with Gasteiger partial charge in [0.05, 0.1) is 28.7 Å². The van der Waals surface area contributed by atoms with Crippen LogP contribution in [0.5, 0.6) is 11.5 Å². The number of thiazole rings is 1. The summed E-state index contributed by atoms with van der Waals surface area (Å²) in [6, 6.07) is 23.6. The molecule has 2 aliphatic rings. The Morgan fingerprint density at radius 3 is 2.47 bits per heavy atom. The van der Waals surface area contributed by atoms with Crippen LogP contribution >= 0.6 is 23.1 Å². The van der Waals surface area contributed by atoms with E-state index in [0.29, 0.717) is 26.9 Å². The highest BCUT2D eigenvalue weighted by atomic mass is 32.2. The quantitative estimate of drug-likeness (QED) is 0.127. The van der Waals surface area contributed by atoms with Gasteiger partial charge in [0.1, 0.15) is 5.25 Å². The van der Waals surface area contributed by atoms with Crippen molar-refractivity contribution >= 4 is 68.7 Å². The Balaban J connectivity index is 1.15. The Hall–Kier alpha value is -5.47. The van der Waals surface area contributed by atoms with E-state index in [9.17, 15) is 29.3 Å². The number of anilines is 2. The van der Waals surface area contributed by atoms with E-state index >= 15 is 0 Å². The normalized spacial score (nSPS) is 18.5. The molecule has 0 saturated carbocycles. The van der Waals surface area contributed by atoms with E-state index in [2.05, 4.69) is 10.3 Å². The summed E-state index contributed by atoms with van der Waals surface area (Å²) in [6.45, 7) is -0.298. The molecule has 0 spiro atoms. The van der Waals surface area contributed by atoms with Gasteiger partial charge in [0.25, 0.3) is 11.6 Å². The number of methoxy groups -OCH3 is 1. The Morgan fingerprint density at radius 1 is 0.957 bits per heavy atom. The fraction of sp³-hybridized carbons (Fsp3) is 0.152. The zero-order chi connectivity index (χ0) is 32.8. The number of carbonyl (C=O) groups excluding carboxylic acids is 3. The van der Waals surface area contributed by atoms with Gasteiger partial charge in [-0.05, 0) is 52.7 Å². The van der Waals surface area contributed by atoms with Crippen LogP contribution in [-0.2, 0) is 14.4 Å². The van der Waals surface area contributed by atoms with E-state index in [1.807, 2.05) is 42.5 Å². The summed E-state index contributed by atoms with van der Waals surface area (Å²) in [5.74, 6) is -2.31. The molecular formula is C33H24N4O8S2. The standard InChI is InChI=1S/C33H24N4O8S2/c1-44-24-15-19(7-13-23(24)45-16-25(38)34-20-8-6-17-4-2-3-5-18(17)14-20)26-27-29(46-30-28(26)47-33(41)35-30)32(40)36(31(27)39)21-9-11-22(12-10-21)37(42)43/h2-15,26-27,29H,16H2,1H3,(H,34,38)(H,35,41)/t26-,27-,29+/m0/s1. The predicted molar refractivity (Wildman–Crippen MR) is 177 cm³/mol. The highest BCUT2D eigenvalue weighted by Crippen LogP contribution is 2.53. The molecule has 47 heavy (non-hydrogen) atoms. The molecule has 2 N–H and O–H groups in total. The zero-order valence-electron chi connectivity index (χ0n) is 24.5. The maximum absolute atomic E-state index is 14.0. The lowest BCUT2D eigenvalue weighted by atomic mass is 9.83. The summed E-state index contributed by atoms with van der Waals surface area (Å²) in [5.41, 5.74) is 1.29.